The predicted molar refractivity (Wildman–Crippen MR) is 110 cm³/mol. The van der Waals surface area contributed by atoms with Crippen molar-refractivity contribution in [3.05, 3.63) is 59.7 Å². The van der Waals surface area contributed by atoms with Crippen LogP contribution in [-0.2, 0) is 18.9 Å². The summed E-state index contributed by atoms with van der Waals surface area (Å²) in [6.07, 6.45) is -3.28. The Bertz CT molecular complexity index is 823. The van der Waals surface area contributed by atoms with Crippen LogP contribution in [-0.4, -0.2) is 49.8 Å². The van der Waals surface area contributed by atoms with Crippen molar-refractivity contribution >= 4 is 23.6 Å². The molecule has 2 aromatic rings. The van der Waals surface area contributed by atoms with Gasteiger partial charge in [-0.1, -0.05) is 35.4 Å². The van der Waals surface area contributed by atoms with E-state index in [-0.39, 0.29) is 13.2 Å². The highest BCUT2D eigenvalue weighted by Crippen LogP contribution is 2.31. The fourth-order valence-electron chi connectivity index (χ4n) is 3.47. The Kier molecular flexibility index (Phi) is 5.87. The van der Waals surface area contributed by atoms with Crippen LogP contribution in [0.15, 0.2) is 48.5 Å². The lowest BCUT2D eigenvalue weighted by Gasteiger charge is -2.17. The van der Waals surface area contributed by atoms with E-state index in [9.17, 15) is 9.59 Å². The van der Waals surface area contributed by atoms with Gasteiger partial charge in [0.15, 0.2) is 12.2 Å². The SMILES string of the molecule is Cc1ccc(NC(=O)O[C@@H]2CO[C@H]3[C@H]2OC[C@H]3OC(=O)Nc2ccc(C)cc2)cc1. The van der Waals surface area contributed by atoms with Gasteiger partial charge in [-0.3, -0.25) is 10.6 Å². The number of benzene rings is 2. The molecule has 2 amide bonds. The van der Waals surface area contributed by atoms with E-state index in [1.807, 2.05) is 38.1 Å². The van der Waals surface area contributed by atoms with Gasteiger partial charge < -0.3 is 18.9 Å². The largest absolute Gasteiger partial charge is 0.441 e. The topological polar surface area (TPSA) is 95.1 Å². The molecule has 8 nitrogen and oxygen atoms in total. The third kappa shape index (κ3) is 4.72. The first-order valence-electron chi connectivity index (χ1n) is 9.80. The number of hydrogen-bond acceptors (Lipinski definition) is 6. The molecule has 0 aliphatic carbocycles. The second-order valence-corrected chi connectivity index (χ2v) is 7.47. The van der Waals surface area contributed by atoms with Crippen LogP contribution < -0.4 is 10.6 Å². The maximum atomic E-state index is 12.2. The number of anilines is 2. The lowest BCUT2D eigenvalue weighted by molar-refractivity contribution is -0.00697. The van der Waals surface area contributed by atoms with Gasteiger partial charge in [-0.05, 0) is 38.1 Å². The molecule has 0 spiro atoms. The molecule has 0 unspecified atom stereocenters. The third-order valence-electron chi connectivity index (χ3n) is 5.08. The van der Waals surface area contributed by atoms with E-state index in [1.165, 1.54) is 0 Å². The Morgan fingerprint density at radius 1 is 0.733 bits per heavy atom. The van der Waals surface area contributed by atoms with Crippen LogP contribution in [0.5, 0.6) is 0 Å². The zero-order valence-electron chi connectivity index (χ0n) is 16.8. The fourth-order valence-corrected chi connectivity index (χ4v) is 3.47. The van der Waals surface area contributed by atoms with E-state index >= 15 is 0 Å². The third-order valence-corrected chi connectivity index (χ3v) is 5.08. The second kappa shape index (κ2) is 8.73. The van der Waals surface area contributed by atoms with Gasteiger partial charge in [0.25, 0.3) is 0 Å². The number of aryl methyl sites for hydroxylation is 2. The van der Waals surface area contributed by atoms with E-state index in [2.05, 4.69) is 10.6 Å². The van der Waals surface area contributed by atoms with E-state index in [0.717, 1.165) is 11.1 Å². The van der Waals surface area contributed by atoms with Crippen molar-refractivity contribution in [2.45, 2.75) is 38.3 Å². The van der Waals surface area contributed by atoms with Crippen LogP contribution in [0, 0.1) is 13.8 Å². The lowest BCUT2D eigenvalue weighted by Crippen LogP contribution is -2.37. The van der Waals surface area contributed by atoms with E-state index in [1.54, 1.807) is 24.3 Å². The molecule has 2 aliphatic rings. The standard InChI is InChI=1S/C22H24N2O6/c1-13-3-7-15(8-4-13)23-21(25)29-17-11-27-20-18(12-28-19(17)20)30-22(26)24-16-9-5-14(2)6-10-16/h3-10,17-20H,11-12H2,1-2H3,(H,23,25)(H,24,26)/t17-,18-,19-,20+/m1/s1. The van der Waals surface area contributed by atoms with Crippen molar-refractivity contribution in [1.29, 1.82) is 0 Å². The molecule has 0 radical (unpaired) electrons. The second-order valence-electron chi connectivity index (χ2n) is 7.47. The summed E-state index contributed by atoms with van der Waals surface area (Å²) in [4.78, 5) is 24.4. The highest BCUT2D eigenvalue weighted by molar-refractivity contribution is 5.85. The number of ether oxygens (including phenoxy) is 4. The van der Waals surface area contributed by atoms with Crippen molar-refractivity contribution in [1.82, 2.24) is 0 Å². The van der Waals surface area contributed by atoms with Crippen molar-refractivity contribution in [3.8, 4) is 0 Å². The number of amides is 2. The Labute approximate surface area is 174 Å². The summed E-state index contributed by atoms with van der Waals surface area (Å²) in [5.41, 5.74) is 3.47. The number of carbonyl (C=O) groups excluding carboxylic acids is 2. The molecule has 2 N–H and O–H groups in total. The van der Waals surface area contributed by atoms with E-state index in [4.69, 9.17) is 18.9 Å². The van der Waals surface area contributed by atoms with Crippen molar-refractivity contribution < 1.29 is 28.5 Å². The Morgan fingerprint density at radius 3 is 1.47 bits per heavy atom. The molecule has 4 atom stereocenters. The Balaban J connectivity index is 1.27. The van der Waals surface area contributed by atoms with Gasteiger partial charge in [-0.25, -0.2) is 9.59 Å². The predicted octanol–water partition coefficient (Wildman–Crippen LogP) is 3.64. The van der Waals surface area contributed by atoms with Gasteiger partial charge in [0.1, 0.15) is 12.2 Å². The fraction of sp³-hybridized carbons (Fsp3) is 0.364. The average molecular weight is 412 g/mol. The normalized spacial score (nSPS) is 24.7. The number of rotatable bonds is 4. The van der Waals surface area contributed by atoms with Crippen molar-refractivity contribution in [2.75, 3.05) is 23.8 Å². The maximum absolute atomic E-state index is 12.2. The van der Waals surface area contributed by atoms with Crippen LogP contribution in [0.3, 0.4) is 0 Å². The summed E-state index contributed by atoms with van der Waals surface area (Å²) in [7, 11) is 0. The molecule has 4 rings (SSSR count). The molecule has 0 saturated carbocycles. The zero-order chi connectivity index (χ0) is 21.1. The molecular weight excluding hydrogens is 388 g/mol. The molecule has 2 heterocycles. The molecule has 8 heteroatoms. The average Bonchev–Trinajstić information content (AvgIpc) is 3.29. The number of carbonyl (C=O) groups is 2. The van der Waals surface area contributed by atoms with Gasteiger partial charge in [-0.2, -0.15) is 0 Å². The van der Waals surface area contributed by atoms with Gasteiger partial charge in [0.05, 0.1) is 13.2 Å². The summed E-state index contributed by atoms with van der Waals surface area (Å²) in [5.74, 6) is 0. The van der Waals surface area contributed by atoms with Crippen LogP contribution in [0.2, 0.25) is 0 Å². The minimum absolute atomic E-state index is 0.177. The number of nitrogens with one attached hydrogen (secondary N) is 2. The van der Waals surface area contributed by atoms with Gasteiger partial charge in [0, 0.05) is 11.4 Å². The summed E-state index contributed by atoms with van der Waals surface area (Å²) in [6, 6.07) is 14.8. The molecule has 0 bridgehead atoms. The zero-order valence-corrected chi connectivity index (χ0v) is 16.8. The molecule has 2 fully saturated rings. The van der Waals surface area contributed by atoms with Crippen LogP contribution in [0.4, 0.5) is 21.0 Å². The van der Waals surface area contributed by atoms with Crippen LogP contribution >= 0.6 is 0 Å². The van der Waals surface area contributed by atoms with Crippen LogP contribution in [0.25, 0.3) is 0 Å². The molecule has 2 aromatic carbocycles. The monoisotopic (exact) mass is 412 g/mol. The quantitative estimate of drug-likeness (QED) is 0.796. The Hall–Kier alpha value is -3.10. The van der Waals surface area contributed by atoms with Crippen LogP contribution in [0.1, 0.15) is 11.1 Å². The van der Waals surface area contributed by atoms with E-state index in [0.29, 0.717) is 11.4 Å². The van der Waals surface area contributed by atoms with Gasteiger partial charge in [-0.15, -0.1) is 0 Å². The van der Waals surface area contributed by atoms with Crippen molar-refractivity contribution in [2.24, 2.45) is 0 Å². The Morgan fingerprint density at radius 2 is 1.10 bits per heavy atom. The molecule has 30 heavy (non-hydrogen) atoms. The summed E-state index contributed by atoms with van der Waals surface area (Å²) >= 11 is 0. The maximum Gasteiger partial charge on any atom is 0.412 e. The summed E-state index contributed by atoms with van der Waals surface area (Å²) in [5, 5.41) is 5.37. The minimum atomic E-state index is -0.585. The lowest BCUT2D eigenvalue weighted by atomic mass is 10.1. The summed E-state index contributed by atoms with van der Waals surface area (Å²) in [6.45, 7) is 4.29. The van der Waals surface area contributed by atoms with E-state index < -0.39 is 36.6 Å². The minimum Gasteiger partial charge on any atom is -0.441 e. The number of hydrogen-bond donors (Lipinski definition) is 2. The van der Waals surface area contributed by atoms with Crippen molar-refractivity contribution in [3.63, 3.8) is 0 Å². The smallest absolute Gasteiger partial charge is 0.412 e. The first-order valence-corrected chi connectivity index (χ1v) is 9.80. The number of fused-ring (bicyclic) bond motifs is 1. The molecule has 2 aliphatic heterocycles. The molecule has 0 aromatic heterocycles. The van der Waals surface area contributed by atoms with Gasteiger partial charge in [0.2, 0.25) is 0 Å². The molecule has 2 saturated heterocycles. The summed E-state index contributed by atoms with van der Waals surface area (Å²) < 4.78 is 22.3. The molecule has 158 valence electrons. The highest BCUT2D eigenvalue weighted by atomic mass is 16.7. The van der Waals surface area contributed by atoms with Gasteiger partial charge >= 0.3 is 12.2 Å². The first kappa shape index (κ1) is 20.2. The highest BCUT2D eigenvalue weighted by Gasteiger charge is 2.51. The molecular formula is C22H24N2O6. The first-order chi connectivity index (χ1) is 14.5.